The van der Waals surface area contributed by atoms with Crippen molar-refractivity contribution < 1.29 is 17.9 Å². The number of halogens is 3. The molecule has 0 aromatic heterocycles. The van der Waals surface area contributed by atoms with Crippen molar-refractivity contribution in [2.75, 3.05) is 18.6 Å². The molecule has 0 amide bonds. The average molecular weight is 307 g/mol. The third-order valence-corrected chi connectivity index (χ3v) is 3.87. The predicted molar refractivity (Wildman–Crippen MR) is 79.8 cm³/mol. The second-order valence-electron chi connectivity index (χ2n) is 5.35. The molecule has 0 unspecified atom stereocenters. The number of anilines is 2. The van der Waals surface area contributed by atoms with Crippen molar-refractivity contribution in [3.8, 4) is 5.75 Å². The highest BCUT2D eigenvalue weighted by Crippen LogP contribution is 2.34. The highest BCUT2D eigenvalue weighted by molar-refractivity contribution is 5.65. The Hall–Kier alpha value is -2.17. The van der Waals surface area contributed by atoms with Gasteiger partial charge in [-0.15, -0.1) is 0 Å². The van der Waals surface area contributed by atoms with Crippen LogP contribution in [0, 0.1) is 0 Å². The minimum absolute atomic E-state index is 0.640. The Morgan fingerprint density at radius 2 is 1.68 bits per heavy atom. The molecule has 0 fully saturated rings. The zero-order chi connectivity index (χ0) is 15.7. The summed E-state index contributed by atoms with van der Waals surface area (Å²) in [4.78, 5) is 1.85. The second-order valence-corrected chi connectivity index (χ2v) is 5.35. The fourth-order valence-electron chi connectivity index (χ4n) is 2.56. The lowest BCUT2D eigenvalue weighted by molar-refractivity contribution is -0.137. The Labute approximate surface area is 127 Å². The van der Waals surface area contributed by atoms with Crippen LogP contribution < -0.4 is 9.64 Å². The van der Waals surface area contributed by atoms with E-state index in [0.717, 1.165) is 36.4 Å². The Kier molecular flexibility index (Phi) is 3.72. The first kappa shape index (κ1) is 14.8. The van der Waals surface area contributed by atoms with Gasteiger partial charge in [-0.3, -0.25) is 0 Å². The molecule has 116 valence electrons. The van der Waals surface area contributed by atoms with Crippen LogP contribution in [0.4, 0.5) is 24.5 Å². The summed E-state index contributed by atoms with van der Waals surface area (Å²) >= 11 is 0. The van der Waals surface area contributed by atoms with E-state index in [9.17, 15) is 13.2 Å². The monoisotopic (exact) mass is 307 g/mol. The van der Waals surface area contributed by atoms with Crippen LogP contribution in [0.15, 0.2) is 42.5 Å². The van der Waals surface area contributed by atoms with Crippen molar-refractivity contribution in [1.29, 1.82) is 0 Å². The number of nitrogens with zero attached hydrogens (tertiary/aromatic N) is 1. The molecule has 2 aromatic carbocycles. The normalized spacial score (nSPS) is 14.2. The van der Waals surface area contributed by atoms with Crippen molar-refractivity contribution in [3.63, 3.8) is 0 Å². The summed E-state index contributed by atoms with van der Waals surface area (Å²) in [5.41, 5.74) is 2.12. The van der Waals surface area contributed by atoms with Gasteiger partial charge in [0.25, 0.3) is 0 Å². The highest BCUT2D eigenvalue weighted by atomic mass is 19.4. The standard InChI is InChI=1S/C17H16F3NO/c1-21(14-8-5-13(6-9-14)17(18,19)20)15-7-4-12-3-2-10-22-16(12)11-15/h4-9,11H,2-3,10H2,1H3. The quantitative estimate of drug-likeness (QED) is 0.790. The van der Waals surface area contributed by atoms with Crippen LogP contribution in [-0.4, -0.2) is 13.7 Å². The van der Waals surface area contributed by atoms with Gasteiger partial charge in [-0.2, -0.15) is 13.2 Å². The highest BCUT2D eigenvalue weighted by Gasteiger charge is 2.30. The molecule has 0 aliphatic carbocycles. The van der Waals surface area contributed by atoms with Crippen LogP contribution in [0.5, 0.6) is 5.75 Å². The summed E-state index contributed by atoms with van der Waals surface area (Å²) in [6.07, 6.45) is -2.29. The summed E-state index contributed by atoms with van der Waals surface area (Å²) in [5.74, 6) is 0.863. The van der Waals surface area contributed by atoms with Crippen LogP contribution in [-0.2, 0) is 12.6 Å². The van der Waals surface area contributed by atoms with E-state index in [1.54, 1.807) is 0 Å². The lowest BCUT2D eigenvalue weighted by Crippen LogP contribution is -2.13. The molecule has 1 aliphatic heterocycles. The minimum Gasteiger partial charge on any atom is -0.493 e. The molecule has 22 heavy (non-hydrogen) atoms. The van der Waals surface area contributed by atoms with E-state index in [2.05, 4.69) is 0 Å². The molecule has 0 radical (unpaired) electrons. The molecule has 2 aromatic rings. The fourth-order valence-corrected chi connectivity index (χ4v) is 2.56. The van der Waals surface area contributed by atoms with Gasteiger partial charge in [0.1, 0.15) is 5.75 Å². The van der Waals surface area contributed by atoms with Gasteiger partial charge in [0, 0.05) is 24.5 Å². The zero-order valence-corrected chi connectivity index (χ0v) is 12.2. The molecule has 3 rings (SSSR count). The molecule has 0 saturated carbocycles. The number of rotatable bonds is 2. The number of aryl methyl sites for hydroxylation is 1. The van der Waals surface area contributed by atoms with Gasteiger partial charge in [-0.1, -0.05) is 6.07 Å². The number of benzene rings is 2. The smallest absolute Gasteiger partial charge is 0.416 e. The van der Waals surface area contributed by atoms with E-state index in [1.165, 1.54) is 17.7 Å². The number of hydrogen-bond donors (Lipinski definition) is 0. The van der Waals surface area contributed by atoms with Gasteiger partial charge in [0.15, 0.2) is 0 Å². The van der Waals surface area contributed by atoms with E-state index in [4.69, 9.17) is 4.74 Å². The van der Waals surface area contributed by atoms with Crippen molar-refractivity contribution in [1.82, 2.24) is 0 Å². The van der Waals surface area contributed by atoms with Crippen LogP contribution >= 0.6 is 0 Å². The molecular weight excluding hydrogens is 291 g/mol. The SMILES string of the molecule is CN(c1ccc(C(F)(F)F)cc1)c1ccc2c(c1)OCCC2. The number of hydrogen-bond acceptors (Lipinski definition) is 2. The first-order valence-electron chi connectivity index (χ1n) is 7.12. The molecule has 0 atom stereocenters. The first-order valence-corrected chi connectivity index (χ1v) is 7.12. The Morgan fingerprint density at radius 3 is 2.36 bits per heavy atom. The maximum Gasteiger partial charge on any atom is 0.416 e. The first-order chi connectivity index (χ1) is 10.4. The van der Waals surface area contributed by atoms with Crippen LogP contribution in [0.25, 0.3) is 0 Å². The fraction of sp³-hybridized carbons (Fsp3) is 0.294. The summed E-state index contributed by atoms with van der Waals surface area (Å²) in [6.45, 7) is 0.709. The lowest BCUT2D eigenvalue weighted by Gasteiger charge is -2.23. The molecule has 1 aliphatic rings. The summed E-state index contributed by atoms with van der Waals surface area (Å²) in [6, 6.07) is 11.1. The van der Waals surface area contributed by atoms with E-state index < -0.39 is 11.7 Å². The summed E-state index contributed by atoms with van der Waals surface area (Å²) in [7, 11) is 1.83. The maximum absolute atomic E-state index is 12.6. The Morgan fingerprint density at radius 1 is 1.00 bits per heavy atom. The van der Waals surface area contributed by atoms with Crippen molar-refractivity contribution >= 4 is 11.4 Å². The van der Waals surface area contributed by atoms with Crippen LogP contribution in [0.2, 0.25) is 0 Å². The van der Waals surface area contributed by atoms with Gasteiger partial charge in [0.2, 0.25) is 0 Å². The third-order valence-electron chi connectivity index (χ3n) is 3.87. The van der Waals surface area contributed by atoms with Gasteiger partial charge < -0.3 is 9.64 Å². The van der Waals surface area contributed by atoms with Crippen LogP contribution in [0.3, 0.4) is 0 Å². The molecule has 1 heterocycles. The van der Waals surface area contributed by atoms with E-state index in [-0.39, 0.29) is 0 Å². The number of ether oxygens (including phenoxy) is 1. The zero-order valence-electron chi connectivity index (χ0n) is 12.2. The molecular formula is C17H16F3NO. The molecule has 2 nitrogen and oxygen atoms in total. The van der Waals surface area contributed by atoms with E-state index in [1.807, 2.05) is 30.1 Å². The van der Waals surface area contributed by atoms with Crippen molar-refractivity contribution in [2.45, 2.75) is 19.0 Å². The van der Waals surface area contributed by atoms with Crippen LogP contribution in [0.1, 0.15) is 17.5 Å². The Balaban J connectivity index is 1.86. The summed E-state index contributed by atoms with van der Waals surface area (Å²) < 4.78 is 43.4. The molecule has 0 N–H and O–H groups in total. The largest absolute Gasteiger partial charge is 0.493 e. The van der Waals surface area contributed by atoms with E-state index in [0.29, 0.717) is 12.3 Å². The minimum atomic E-state index is -4.31. The second kappa shape index (κ2) is 5.55. The topological polar surface area (TPSA) is 12.5 Å². The van der Waals surface area contributed by atoms with Crippen molar-refractivity contribution in [2.24, 2.45) is 0 Å². The average Bonchev–Trinajstić information content (AvgIpc) is 2.53. The van der Waals surface area contributed by atoms with Gasteiger partial charge >= 0.3 is 6.18 Å². The molecule has 0 saturated heterocycles. The molecule has 0 bridgehead atoms. The number of fused-ring (bicyclic) bond motifs is 1. The number of alkyl halides is 3. The van der Waals surface area contributed by atoms with Gasteiger partial charge in [-0.25, -0.2) is 0 Å². The Bertz CT molecular complexity index is 665. The molecule has 5 heteroatoms. The van der Waals surface area contributed by atoms with E-state index >= 15 is 0 Å². The van der Waals surface area contributed by atoms with Gasteiger partial charge in [0.05, 0.1) is 12.2 Å². The summed E-state index contributed by atoms with van der Waals surface area (Å²) in [5, 5.41) is 0. The molecule has 0 spiro atoms. The lowest BCUT2D eigenvalue weighted by atomic mass is 10.1. The third kappa shape index (κ3) is 2.89. The predicted octanol–water partition coefficient (Wildman–Crippen LogP) is 4.80. The van der Waals surface area contributed by atoms with Gasteiger partial charge in [-0.05, 0) is 48.7 Å². The van der Waals surface area contributed by atoms with Crippen molar-refractivity contribution in [3.05, 3.63) is 53.6 Å². The maximum atomic E-state index is 12.6.